The van der Waals surface area contributed by atoms with E-state index in [9.17, 15) is 30.4 Å². The summed E-state index contributed by atoms with van der Waals surface area (Å²) in [6.45, 7) is 0. The minimum atomic E-state index is -0.676. The summed E-state index contributed by atoms with van der Waals surface area (Å²) in [5, 5.41) is 41.0. The summed E-state index contributed by atoms with van der Waals surface area (Å²) >= 11 is 1.49. The van der Waals surface area contributed by atoms with E-state index in [1.54, 1.807) is 24.3 Å². The highest BCUT2D eigenvalue weighted by Crippen LogP contribution is 2.35. The van der Waals surface area contributed by atoms with Gasteiger partial charge < -0.3 is 19.7 Å². The SMILES string of the molecule is O=[N+]([O-])c1ccc(Oc2ccc(Sc3ccc(Oc4ccc([N+](=O)[O-])c(O)c4)cc3)cc2)cc1O. The largest absolute Gasteiger partial charge is 0.502 e. The molecule has 11 heteroatoms. The number of aromatic hydroxyl groups is 2. The first kappa shape index (κ1) is 23.4. The lowest BCUT2D eigenvalue weighted by Crippen LogP contribution is -1.90. The van der Waals surface area contributed by atoms with Gasteiger partial charge >= 0.3 is 11.4 Å². The summed E-state index contributed by atoms with van der Waals surface area (Å²) in [4.78, 5) is 22.1. The van der Waals surface area contributed by atoms with Crippen LogP contribution in [0.25, 0.3) is 0 Å². The molecule has 35 heavy (non-hydrogen) atoms. The van der Waals surface area contributed by atoms with Crippen molar-refractivity contribution in [3.05, 3.63) is 105 Å². The number of phenolic OH excluding ortho intramolecular Hbond substituents is 2. The first-order chi connectivity index (χ1) is 16.8. The van der Waals surface area contributed by atoms with Gasteiger partial charge in [-0.05, 0) is 60.7 Å². The third-order valence-corrected chi connectivity index (χ3v) is 5.66. The Morgan fingerprint density at radius 1 is 0.571 bits per heavy atom. The smallest absolute Gasteiger partial charge is 0.310 e. The fraction of sp³-hybridized carbons (Fsp3) is 0. The van der Waals surface area contributed by atoms with Crippen molar-refractivity contribution in [1.29, 1.82) is 0 Å². The summed E-state index contributed by atoms with van der Waals surface area (Å²) in [7, 11) is 0. The quantitative estimate of drug-likeness (QED) is 0.204. The lowest BCUT2D eigenvalue weighted by molar-refractivity contribution is -0.386. The average Bonchev–Trinajstić information content (AvgIpc) is 2.81. The number of phenols is 2. The van der Waals surface area contributed by atoms with Crippen molar-refractivity contribution in [2.45, 2.75) is 9.79 Å². The van der Waals surface area contributed by atoms with Gasteiger partial charge in [0, 0.05) is 34.1 Å². The van der Waals surface area contributed by atoms with E-state index < -0.39 is 32.7 Å². The van der Waals surface area contributed by atoms with Crippen LogP contribution in [0.4, 0.5) is 11.4 Å². The van der Waals surface area contributed by atoms with Crippen molar-refractivity contribution < 1.29 is 29.5 Å². The van der Waals surface area contributed by atoms with Gasteiger partial charge in [0.25, 0.3) is 0 Å². The number of rotatable bonds is 8. The van der Waals surface area contributed by atoms with Gasteiger partial charge in [-0.2, -0.15) is 0 Å². The van der Waals surface area contributed by atoms with Gasteiger partial charge in [0.2, 0.25) is 0 Å². The maximum Gasteiger partial charge on any atom is 0.310 e. The van der Waals surface area contributed by atoms with Crippen molar-refractivity contribution in [1.82, 2.24) is 0 Å². The molecule has 4 rings (SSSR count). The molecule has 0 saturated carbocycles. The van der Waals surface area contributed by atoms with E-state index in [2.05, 4.69) is 0 Å². The predicted octanol–water partition coefficient (Wildman–Crippen LogP) is 6.65. The molecule has 176 valence electrons. The van der Waals surface area contributed by atoms with E-state index in [1.807, 2.05) is 24.3 Å². The number of ether oxygens (including phenoxy) is 2. The zero-order chi connectivity index (χ0) is 24.9. The average molecular weight is 492 g/mol. The first-order valence-electron chi connectivity index (χ1n) is 9.97. The molecular weight excluding hydrogens is 476 g/mol. The molecule has 4 aromatic carbocycles. The summed E-state index contributed by atoms with van der Waals surface area (Å²) in [5.41, 5.74) is -0.794. The molecule has 0 aliphatic heterocycles. The number of nitro benzene ring substituents is 2. The number of nitro groups is 2. The van der Waals surface area contributed by atoms with Gasteiger partial charge in [-0.15, -0.1) is 0 Å². The first-order valence-corrected chi connectivity index (χ1v) is 10.8. The zero-order valence-corrected chi connectivity index (χ0v) is 18.5. The molecule has 0 aromatic heterocycles. The van der Waals surface area contributed by atoms with Crippen LogP contribution in [0.3, 0.4) is 0 Å². The third-order valence-electron chi connectivity index (χ3n) is 4.64. The Balaban J connectivity index is 1.36. The van der Waals surface area contributed by atoms with Crippen LogP contribution in [0.5, 0.6) is 34.5 Å². The van der Waals surface area contributed by atoms with Gasteiger partial charge in [-0.3, -0.25) is 20.2 Å². The van der Waals surface area contributed by atoms with Crippen LogP contribution in [-0.2, 0) is 0 Å². The number of hydrogen-bond donors (Lipinski definition) is 2. The predicted molar refractivity (Wildman–Crippen MR) is 127 cm³/mol. The Labute approximate surface area is 202 Å². The molecule has 0 radical (unpaired) electrons. The van der Waals surface area contributed by atoms with Crippen LogP contribution in [0.2, 0.25) is 0 Å². The zero-order valence-electron chi connectivity index (χ0n) is 17.7. The Morgan fingerprint density at radius 2 is 0.914 bits per heavy atom. The maximum atomic E-state index is 10.8. The number of benzene rings is 4. The molecule has 0 spiro atoms. The highest BCUT2D eigenvalue weighted by atomic mass is 32.2. The molecule has 0 saturated heterocycles. The molecular formula is C24H16N2O8S. The second kappa shape index (κ2) is 10.0. The van der Waals surface area contributed by atoms with E-state index in [0.717, 1.165) is 9.79 Å². The molecule has 10 nitrogen and oxygen atoms in total. The Hall–Kier alpha value is -4.77. The van der Waals surface area contributed by atoms with Gasteiger partial charge in [0.05, 0.1) is 9.85 Å². The second-order valence-corrected chi connectivity index (χ2v) is 8.21. The van der Waals surface area contributed by atoms with E-state index >= 15 is 0 Å². The molecule has 0 fully saturated rings. The highest BCUT2D eigenvalue weighted by Gasteiger charge is 2.15. The van der Waals surface area contributed by atoms with Crippen LogP contribution < -0.4 is 9.47 Å². The van der Waals surface area contributed by atoms with Gasteiger partial charge in [-0.1, -0.05) is 11.8 Å². The molecule has 0 bridgehead atoms. The Kier molecular flexibility index (Phi) is 6.69. The second-order valence-electron chi connectivity index (χ2n) is 7.06. The molecule has 0 unspecified atom stereocenters. The molecule has 0 heterocycles. The van der Waals surface area contributed by atoms with Crippen molar-refractivity contribution in [3.63, 3.8) is 0 Å². The molecule has 0 aliphatic carbocycles. The summed E-state index contributed by atoms with van der Waals surface area (Å²) in [6, 6.07) is 21.8. The van der Waals surface area contributed by atoms with Gasteiger partial charge in [-0.25, -0.2) is 0 Å². The maximum absolute atomic E-state index is 10.8. The van der Waals surface area contributed by atoms with Crippen LogP contribution in [0, 0.1) is 20.2 Å². The third kappa shape index (κ3) is 5.78. The lowest BCUT2D eigenvalue weighted by atomic mass is 10.3. The number of hydrogen-bond acceptors (Lipinski definition) is 9. The van der Waals surface area contributed by atoms with Crippen LogP contribution in [0.1, 0.15) is 0 Å². The summed E-state index contributed by atoms with van der Waals surface area (Å²) in [6.07, 6.45) is 0. The van der Waals surface area contributed by atoms with Crippen molar-refractivity contribution in [3.8, 4) is 34.5 Å². The summed E-state index contributed by atoms with van der Waals surface area (Å²) < 4.78 is 11.3. The Morgan fingerprint density at radius 3 is 1.23 bits per heavy atom. The summed E-state index contributed by atoms with van der Waals surface area (Å²) in [5.74, 6) is 0.584. The fourth-order valence-electron chi connectivity index (χ4n) is 3.00. The molecule has 4 aromatic rings. The molecule has 2 N–H and O–H groups in total. The van der Waals surface area contributed by atoms with Crippen LogP contribution >= 0.6 is 11.8 Å². The fourth-order valence-corrected chi connectivity index (χ4v) is 3.82. The van der Waals surface area contributed by atoms with Gasteiger partial charge in [0.15, 0.2) is 11.5 Å². The molecule has 0 atom stereocenters. The topological polar surface area (TPSA) is 145 Å². The normalized spacial score (nSPS) is 10.5. The highest BCUT2D eigenvalue weighted by molar-refractivity contribution is 7.99. The Bertz CT molecular complexity index is 1290. The van der Waals surface area contributed by atoms with E-state index in [1.165, 1.54) is 48.2 Å². The standard InChI is InChI=1S/C24H16N2O8S/c27-23-13-17(5-11-21(23)25(29)30)33-15-1-7-19(8-2-15)35-20-9-3-16(4-10-20)34-18-6-12-22(26(31)32)24(28)14-18/h1-14,27-28H. The molecule has 0 aliphatic rings. The van der Waals surface area contributed by atoms with Crippen molar-refractivity contribution >= 4 is 23.1 Å². The van der Waals surface area contributed by atoms with Crippen LogP contribution in [-0.4, -0.2) is 20.1 Å². The van der Waals surface area contributed by atoms with E-state index in [0.29, 0.717) is 11.5 Å². The number of nitrogens with zero attached hydrogens (tertiary/aromatic N) is 2. The van der Waals surface area contributed by atoms with E-state index in [-0.39, 0.29) is 11.5 Å². The lowest BCUT2D eigenvalue weighted by Gasteiger charge is -2.09. The minimum absolute atomic E-state index is 0.269. The van der Waals surface area contributed by atoms with Gasteiger partial charge in [0.1, 0.15) is 23.0 Å². The van der Waals surface area contributed by atoms with E-state index in [4.69, 9.17) is 9.47 Å². The van der Waals surface area contributed by atoms with Crippen molar-refractivity contribution in [2.24, 2.45) is 0 Å². The van der Waals surface area contributed by atoms with Crippen molar-refractivity contribution in [2.75, 3.05) is 0 Å². The monoisotopic (exact) mass is 492 g/mol. The van der Waals surface area contributed by atoms with Crippen LogP contribution in [0.15, 0.2) is 94.7 Å². The minimum Gasteiger partial charge on any atom is -0.502 e. The molecule has 0 amide bonds.